The standard InChI is InChI=1S/C14H14N2O3.C7H14.C3H8/c17-8-14(18)19-6-5-12-10-3-1-2-4-11(10)13-7-15-9-16(12)13;1-7-5-3-2-4-6-7;1-3-2/h1-4,7,9,12,17H,5-6,8H2;7H,2-6H2,1H3;3H2,1-2H3. The molecule has 1 fully saturated rings. The van der Waals surface area contributed by atoms with E-state index in [0.717, 1.165) is 11.6 Å². The summed E-state index contributed by atoms with van der Waals surface area (Å²) in [6, 6.07) is 8.30. The fourth-order valence-electron chi connectivity index (χ4n) is 3.86. The molecule has 2 aromatic rings. The van der Waals surface area contributed by atoms with Gasteiger partial charge in [-0.05, 0) is 11.5 Å². The summed E-state index contributed by atoms with van der Waals surface area (Å²) >= 11 is 0. The first-order valence-electron chi connectivity index (χ1n) is 11.0. The minimum absolute atomic E-state index is 0.139. The molecule has 4 rings (SSSR count). The zero-order valence-corrected chi connectivity index (χ0v) is 18.1. The number of rotatable bonds is 4. The molecule has 160 valence electrons. The predicted octanol–water partition coefficient (Wildman–Crippen LogP) is 5.38. The van der Waals surface area contributed by atoms with E-state index >= 15 is 0 Å². The highest BCUT2D eigenvalue weighted by molar-refractivity contribution is 5.70. The first kappa shape index (κ1) is 23.1. The molecule has 0 bridgehead atoms. The first-order valence-corrected chi connectivity index (χ1v) is 11.0. The Balaban J connectivity index is 0.000000250. The number of ether oxygens (including phenoxy) is 1. The number of fused-ring (bicyclic) bond motifs is 3. The summed E-state index contributed by atoms with van der Waals surface area (Å²) in [5.41, 5.74) is 3.49. The van der Waals surface area contributed by atoms with Crippen molar-refractivity contribution in [2.45, 2.75) is 71.8 Å². The zero-order valence-electron chi connectivity index (χ0n) is 18.1. The van der Waals surface area contributed by atoms with Crippen LogP contribution in [0.15, 0.2) is 36.8 Å². The van der Waals surface area contributed by atoms with Gasteiger partial charge in [-0.25, -0.2) is 9.78 Å². The number of nitrogens with zero attached hydrogens (tertiary/aromatic N) is 2. The molecule has 1 unspecified atom stereocenters. The lowest BCUT2D eigenvalue weighted by Gasteiger charge is -2.15. The summed E-state index contributed by atoms with van der Waals surface area (Å²) in [6.45, 7) is 6.33. The van der Waals surface area contributed by atoms with E-state index in [2.05, 4.69) is 42.5 Å². The number of hydrogen-bond donors (Lipinski definition) is 1. The van der Waals surface area contributed by atoms with E-state index in [-0.39, 0.29) is 12.6 Å². The molecular formula is C24H36N2O3. The Morgan fingerprint density at radius 3 is 2.52 bits per heavy atom. The van der Waals surface area contributed by atoms with Gasteiger partial charge in [-0.2, -0.15) is 0 Å². The third kappa shape index (κ3) is 6.70. The molecular weight excluding hydrogens is 364 g/mol. The van der Waals surface area contributed by atoms with Crippen LogP contribution in [0.5, 0.6) is 0 Å². The number of aromatic nitrogens is 2. The van der Waals surface area contributed by atoms with Crippen molar-refractivity contribution in [3.63, 3.8) is 0 Å². The maximum atomic E-state index is 10.9. The Morgan fingerprint density at radius 2 is 1.90 bits per heavy atom. The van der Waals surface area contributed by atoms with E-state index in [4.69, 9.17) is 9.84 Å². The Labute approximate surface area is 175 Å². The van der Waals surface area contributed by atoms with Gasteiger partial charge in [-0.1, -0.05) is 83.6 Å². The lowest BCUT2D eigenvalue weighted by Crippen LogP contribution is -2.14. The second-order valence-corrected chi connectivity index (χ2v) is 7.91. The predicted molar refractivity (Wildman–Crippen MR) is 117 cm³/mol. The monoisotopic (exact) mass is 400 g/mol. The number of hydrogen-bond acceptors (Lipinski definition) is 4. The lowest BCUT2D eigenvalue weighted by molar-refractivity contribution is -0.147. The average Bonchev–Trinajstić information content (AvgIpc) is 3.32. The van der Waals surface area contributed by atoms with E-state index in [1.807, 2.05) is 18.3 Å². The molecule has 1 aliphatic carbocycles. The minimum Gasteiger partial charge on any atom is -0.464 e. The van der Waals surface area contributed by atoms with Crippen molar-refractivity contribution in [3.05, 3.63) is 42.4 Å². The maximum Gasteiger partial charge on any atom is 0.331 e. The third-order valence-electron chi connectivity index (χ3n) is 5.27. The summed E-state index contributed by atoms with van der Waals surface area (Å²) in [7, 11) is 0. The second kappa shape index (κ2) is 12.4. The molecule has 2 aliphatic rings. The fraction of sp³-hybridized carbons (Fsp3) is 0.583. The zero-order chi connectivity index (χ0) is 21.1. The van der Waals surface area contributed by atoms with Crippen LogP contribution in [0.1, 0.15) is 77.3 Å². The van der Waals surface area contributed by atoms with Crippen LogP contribution in [0, 0.1) is 5.92 Å². The molecule has 0 spiro atoms. The van der Waals surface area contributed by atoms with E-state index in [1.54, 1.807) is 6.33 Å². The van der Waals surface area contributed by atoms with Crippen molar-refractivity contribution in [2.24, 2.45) is 5.92 Å². The van der Waals surface area contributed by atoms with Crippen LogP contribution < -0.4 is 0 Å². The molecule has 1 aromatic heterocycles. The highest BCUT2D eigenvalue weighted by Crippen LogP contribution is 2.40. The highest BCUT2D eigenvalue weighted by Gasteiger charge is 2.27. The van der Waals surface area contributed by atoms with Crippen LogP contribution in [-0.4, -0.2) is 33.8 Å². The largest absolute Gasteiger partial charge is 0.464 e. The number of esters is 1. The Morgan fingerprint density at radius 1 is 1.21 bits per heavy atom. The Kier molecular flexibility index (Phi) is 9.92. The smallest absolute Gasteiger partial charge is 0.331 e. The second-order valence-electron chi connectivity index (χ2n) is 7.91. The van der Waals surface area contributed by atoms with Gasteiger partial charge in [-0.3, -0.25) is 0 Å². The molecule has 0 amide bonds. The van der Waals surface area contributed by atoms with E-state index < -0.39 is 12.6 Å². The van der Waals surface area contributed by atoms with Crippen molar-refractivity contribution in [1.29, 1.82) is 0 Å². The molecule has 0 radical (unpaired) electrons. The number of carbonyl (C=O) groups excluding carboxylic acids is 1. The maximum absolute atomic E-state index is 10.9. The van der Waals surface area contributed by atoms with Gasteiger partial charge in [0.25, 0.3) is 0 Å². The summed E-state index contributed by atoms with van der Waals surface area (Å²) < 4.78 is 7.03. The molecule has 5 heteroatoms. The molecule has 1 aliphatic heterocycles. The van der Waals surface area contributed by atoms with Gasteiger partial charge in [-0.15, -0.1) is 0 Å². The molecule has 29 heavy (non-hydrogen) atoms. The van der Waals surface area contributed by atoms with E-state index in [1.165, 1.54) is 49.7 Å². The summed E-state index contributed by atoms with van der Waals surface area (Å²) in [4.78, 5) is 15.1. The van der Waals surface area contributed by atoms with Gasteiger partial charge in [0.1, 0.15) is 6.61 Å². The van der Waals surface area contributed by atoms with Crippen LogP contribution in [0.3, 0.4) is 0 Å². The molecule has 1 atom stereocenters. The van der Waals surface area contributed by atoms with Crippen molar-refractivity contribution < 1.29 is 14.6 Å². The molecule has 1 aromatic carbocycles. The number of aliphatic hydroxyl groups excluding tert-OH is 1. The van der Waals surface area contributed by atoms with Crippen LogP contribution >= 0.6 is 0 Å². The van der Waals surface area contributed by atoms with Crippen molar-refractivity contribution in [2.75, 3.05) is 13.2 Å². The van der Waals surface area contributed by atoms with Crippen LogP contribution in [0.4, 0.5) is 0 Å². The quantitative estimate of drug-likeness (QED) is 0.700. The van der Waals surface area contributed by atoms with Gasteiger partial charge in [0.2, 0.25) is 0 Å². The summed E-state index contributed by atoms with van der Waals surface area (Å²) in [5, 5.41) is 8.62. The normalized spacial score (nSPS) is 17.2. The topological polar surface area (TPSA) is 64.3 Å². The van der Waals surface area contributed by atoms with Crippen molar-refractivity contribution in [3.8, 4) is 11.3 Å². The number of carbonyl (C=O) groups is 1. The number of benzene rings is 1. The minimum atomic E-state index is -0.586. The van der Waals surface area contributed by atoms with Crippen LogP contribution in [0.25, 0.3) is 11.3 Å². The van der Waals surface area contributed by atoms with Gasteiger partial charge in [0.05, 0.1) is 30.9 Å². The van der Waals surface area contributed by atoms with Gasteiger partial charge < -0.3 is 14.4 Å². The van der Waals surface area contributed by atoms with Gasteiger partial charge >= 0.3 is 5.97 Å². The average molecular weight is 401 g/mol. The van der Waals surface area contributed by atoms with Crippen molar-refractivity contribution in [1.82, 2.24) is 9.55 Å². The fourth-order valence-corrected chi connectivity index (χ4v) is 3.86. The SMILES string of the molecule is CC1CCCCC1.CCC.O=C(CO)OCCC1c2ccccc2-c2cncn21. The number of imidazole rings is 1. The first-order chi connectivity index (χ1) is 14.1. The Hall–Kier alpha value is -2.14. The highest BCUT2D eigenvalue weighted by atomic mass is 16.5. The lowest BCUT2D eigenvalue weighted by atomic mass is 9.91. The van der Waals surface area contributed by atoms with Gasteiger partial charge in [0.15, 0.2) is 0 Å². The summed E-state index contributed by atoms with van der Waals surface area (Å²) in [5.74, 6) is 0.450. The van der Waals surface area contributed by atoms with Crippen molar-refractivity contribution >= 4 is 5.97 Å². The molecule has 1 saturated carbocycles. The van der Waals surface area contributed by atoms with E-state index in [9.17, 15) is 4.79 Å². The number of aliphatic hydroxyl groups is 1. The van der Waals surface area contributed by atoms with Gasteiger partial charge in [0, 0.05) is 12.0 Å². The molecule has 0 saturated heterocycles. The molecule has 1 N–H and O–H groups in total. The summed E-state index contributed by atoms with van der Waals surface area (Å²) in [6.07, 6.45) is 13.0. The molecule has 2 heterocycles. The van der Waals surface area contributed by atoms with E-state index in [0.29, 0.717) is 6.42 Å². The van der Waals surface area contributed by atoms with Crippen LogP contribution in [-0.2, 0) is 9.53 Å². The molecule has 5 nitrogen and oxygen atoms in total. The Bertz CT molecular complexity index is 735. The van der Waals surface area contributed by atoms with Crippen LogP contribution in [0.2, 0.25) is 0 Å². The third-order valence-corrected chi connectivity index (χ3v) is 5.27.